The van der Waals surface area contributed by atoms with Crippen LogP contribution < -0.4 is 24.2 Å². The minimum atomic E-state index is -0.929. The van der Waals surface area contributed by atoms with E-state index in [2.05, 4.69) is 0 Å². The number of Topliss-reactive ketones (excluding diaryl/α,β-unsaturated/α-hetero) is 1. The molecule has 1 N–H and O–H groups in total. The second kappa shape index (κ2) is 10.4. The van der Waals surface area contributed by atoms with E-state index in [0.717, 1.165) is 13.1 Å². The lowest BCUT2D eigenvalue weighted by molar-refractivity contribution is -0.907. The van der Waals surface area contributed by atoms with Crippen molar-refractivity contribution in [2.45, 2.75) is 13.0 Å². The van der Waals surface area contributed by atoms with Crippen molar-refractivity contribution in [1.82, 2.24) is 4.90 Å². The Bertz CT molecular complexity index is 1110. The summed E-state index contributed by atoms with van der Waals surface area (Å²) in [4.78, 5) is 29.4. The topological polar surface area (TPSA) is 115 Å². The molecular weight excluding hydrogens is 456 g/mol. The summed E-state index contributed by atoms with van der Waals surface area (Å²) >= 11 is 0. The molecule has 0 saturated carbocycles. The van der Waals surface area contributed by atoms with Gasteiger partial charge in [-0.05, 0) is 42.5 Å². The fourth-order valence-corrected chi connectivity index (χ4v) is 4.58. The van der Waals surface area contributed by atoms with E-state index < -0.39 is 23.5 Å². The van der Waals surface area contributed by atoms with Crippen molar-refractivity contribution in [3.63, 3.8) is 0 Å². The Morgan fingerprint density at radius 1 is 1.11 bits per heavy atom. The van der Waals surface area contributed by atoms with Crippen LogP contribution in [0.5, 0.6) is 17.2 Å². The molecule has 0 aliphatic carbocycles. The SMILES string of the molecule is COc1cc(C2C(C(=O)c3ccc(C)o3)=C([O-])C(=O)N2CC[NH+]2CCOCC2)cc(OC)c1OC. The first-order chi connectivity index (χ1) is 16.9. The van der Waals surface area contributed by atoms with E-state index in [-0.39, 0.29) is 17.9 Å². The molecule has 35 heavy (non-hydrogen) atoms. The first-order valence-electron chi connectivity index (χ1n) is 11.4. The standard InChI is InChI=1S/C25H30N2O8/c1-15-5-6-17(35-15)22(28)20-21(16-13-18(31-2)24(33-4)19(14-16)32-3)27(25(30)23(20)29)8-7-26-9-11-34-12-10-26/h5-6,13-14,21,29H,7-12H2,1-4H3. The summed E-state index contributed by atoms with van der Waals surface area (Å²) in [6.07, 6.45) is 0. The number of benzene rings is 1. The fourth-order valence-electron chi connectivity index (χ4n) is 4.58. The van der Waals surface area contributed by atoms with E-state index in [0.29, 0.717) is 48.3 Å². The molecule has 0 bridgehead atoms. The van der Waals surface area contributed by atoms with Crippen LogP contribution in [0.25, 0.3) is 0 Å². The van der Waals surface area contributed by atoms with Crippen molar-refractivity contribution in [3.05, 3.63) is 52.7 Å². The lowest BCUT2D eigenvalue weighted by Gasteiger charge is -2.31. The van der Waals surface area contributed by atoms with Gasteiger partial charge in [-0.15, -0.1) is 0 Å². The Balaban J connectivity index is 1.77. The number of aryl methyl sites for hydroxylation is 1. The van der Waals surface area contributed by atoms with Crippen LogP contribution >= 0.6 is 0 Å². The van der Waals surface area contributed by atoms with Crippen LogP contribution in [0.4, 0.5) is 0 Å². The Kier molecular flexibility index (Phi) is 7.32. The molecule has 0 radical (unpaired) electrons. The zero-order valence-electron chi connectivity index (χ0n) is 20.3. The number of nitrogens with zero attached hydrogens (tertiary/aromatic N) is 1. The van der Waals surface area contributed by atoms with Gasteiger partial charge < -0.3 is 38.3 Å². The Morgan fingerprint density at radius 3 is 2.31 bits per heavy atom. The molecule has 1 saturated heterocycles. The lowest BCUT2D eigenvalue weighted by atomic mass is 9.94. The van der Waals surface area contributed by atoms with Gasteiger partial charge in [0, 0.05) is 5.57 Å². The molecular formula is C25H30N2O8. The maximum atomic E-state index is 13.4. The monoisotopic (exact) mass is 486 g/mol. The number of furan rings is 1. The van der Waals surface area contributed by atoms with Crippen LogP contribution in [0.3, 0.4) is 0 Å². The number of carbonyl (C=O) groups excluding carboxylic acids is 2. The van der Waals surface area contributed by atoms with Gasteiger partial charge in [-0.2, -0.15) is 0 Å². The molecule has 0 spiro atoms. The van der Waals surface area contributed by atoms with Gasteiger partial charge in [0.05, 0.1) is 53.7 Å². The van der Waals surface area contributed by atoms with Crippen LogP contribution in [-0.4, -0.2) is 77.3 Å². The van der Waals surface area contributed by atoms with Gasteiger partial charge in [0.2, 0.25) is 17.4 Å². The molecule has 1 aromatic heterocycles. The minimum Gasteiger partial charge on any atom is -0.868 e. The smallest absolute Gasteiger partial charge is 0.240 e. The van der Waals surface area contributed by atoms with Gasteiger partial charge in [-0.25, -0.2) is 0 Å². The molecule has 10 nitrogen and oxygen atoms in total. The zero-order valence-corrected chi connectivity index (χ0v) is 20.3. The van der Waals surface area contributed by atoms with E-state index in [1.807, 2.05) is 0 Å². The van der Waals surface area contributed by atoms with Crippen LogP contribution in [0.1, 0.15) is 27.9 Å². The molecule has 1 fully saturated rings. The average molecular weight is 487 g/mol. The number of ketones is 1. The van der Waals surface area contributed by atoms with Crippen molar-refractivity contribution in [1.29, 1.82) is 0 Å². The van der Waals surface area contributed by atoms with Crippen molar-refractivity contribution >= 4 is 11.7 Å². The van der Waals surface area contributed by atoms with Gasteiger partial charge >= 0.3 is 0 Å². The minimum absolute atomic E-state index is 0.0109. The van der Waals surface area contributed by atoms with E-state index in [9.17, 15) is 14.7 Å². The largest absolute Gasteiger partial charge is 0.868 e. The highest BCUT2D eigenvalue weighted by atomic mass is 16.5. The number of morpholine rings is 1. The van der Waals surface area contributed by atoms with Gasteiger partial charge in [-0.1, -0.05) is 0 Å². The fraction of sp³-hybridized carbons (Fsp3) is 0.440. The molecule has 2 aromatic rings. The van der Waals surface area contributed by atoms with Crippen LogP contribution in [-0.2, 0) is 9.53 Å². The second-order valence-corrected chi connectivity index (χ2v) is 8.45. The summed E-state index contributed by atoms with van der Waals surface area (Å²) in [6, 6.07) is 5.54. The summed E-state index contributed by atoms with van der Waals surface area (Å²) in [7, 11) is 4.44. The number of methoxy groups -OCH3 is 3. The molecule has 3 heterocycles. The first kappa shape index (κ1) is 24.6. The highest BCUT2D eigenvalue weighted by Gasteiger charge is 2.41. The van der Waals surface area contributed by atoms with Crippen LogP contribution in [0.2, 0.25) is 0 Å². The molecule has 188 valence electrons. The number of rotatable bonds is 9. The maximum absolute atomic E-state index is 13.4. The van der Waals surface area contributed by atoms with Crippen molar-refractivity contribution in [2.24, 2.45) is 0 Å². The quantitative estimate of drug-likeness (QED) is 0.489. The average Bonchev–Trinajstić information content (AvgIpc) is 3.42. The number of carbonyl (C=O) groups is 2. The molecule has 2 aliphatic heterocycles. The van der Waals surface area contributed by atoms with Gasteiger partial charge in [0.15, 0.2) is 17.3 Å². The summed E-state index contributed by atoms with van der Waals surface area (Å²) < 4.78 is 27.3. The number of hydrogen-bond donors (Lipinski definition) is 1. The van der Waals surface area contributed by atoms with Crippen LogP contribution in [0, 0.1) is 6.92 Å². The zero-order chi connectivity index (χ0) is 25.1. The highest BCUT2D eigenvalue weighted by molar-refractivity contribution is 6.14. The Labute approximate surface area is 203 Å². The highest BCUT2D eigenvalue weighted by Crippen LogP contribution is 2.45. The van der Waals surface area contributed by atoms with Gasteiger partial charge in [0.25, 0.3) is 0 Å². The summed E-state index contributed by atoms with van der Waals surface area (Å²) in [5, 5.41) is 13.2. The number of quaternary nitrogens is 1. The number of ether oxygens (including phenoxy) is 4. The molecule has 1 aromatic carbocycles. The van der Waals surface area contributed by atoms with Crippen molar-refractivity contribution < 1.29 is 43.0 Å². The normalized spacial score (nSPS) is 18.8. The Morgan fingerprint density at radius 2 is 1.77 bits per heavy atom. The first-order valence-corrected chi connectivity index (χ1v) is 11.4. The maximum Gasteiger partial charge on any atom is 0.240 e. The van der Waals surface area contributed by atoms with E-state index in [4.69, 9.17) is 23.4 Å². The van der Waals surface area contributed by atoms with Gasteiger partial charge in [-0.3, -0.25) is 9.59 Å². The van der Waals surface area contributed by atoms with Crippen molar-refractivity contribution in [2.75, 3.05) is 60.7 Å². The summed E-state index contributed by atoms with van der Waals surface area (Å²) in [6.45, 7) is 5.52. The number of nitrogens with one attached hydrogen (secondary N) is 1. The predicted molar refractivity (Wildman–Crippen MR) is 122 cm³/mol. The molecule has 1 atom stereocenters. The molecule has 1 amide bonds. The number of hydrogen-bond acceptors (Lipinski definition) is 8. The number of amides is 1. The summed E-state index contributed by atoms with van der Waals surface area (Å²) in [5.41, 5.74) is 0.345. The van der Waals surface area contributed by atoms with E-state index >= 15 is 0 Å². The Hall–Kier alpha value is -3.50. The van der Waals surface area contributed by atoms with Gasteiger partial charge in [0.1, 0.15) is 18.8 Å². The second-order valence-electron chi connectivity index (χ2n) is 8.45. The third-order valence-electron chi connectivity index (χ3n) is 6.40. The van der Waals surface area contributed by atoms with E-state index in [1.54, 1.807) is 25.1 Å². The molecule has 2 aliphatic rings. The molecule has 10 heteroatoms. The van der Waals surface area contributed by atoms with E-state index in [1.165, 1.54) is 37.2 Å². The molecule has 4 rings (SSSR count). The van der Waals surface area contributed by atoms with Crippen molar-refractivity contribution in [3.8, 4) is 17.2 Å². The summed E-state index contributed by atoms with van der Waals surface area (Å²) in [5.74, 6) is -0.548. The molecule has 1 unspecified atom stereocenters. The third kappa shape index (κ3) is 4.71. The predicted octanol–water partition coefficient (Wildman–Crippen LogP) is -0.0905. The third-order valence-corrected chi connectivity index (χ3v) is 6.40. The lowest BCUT2D eigenvalue weighted by Crippen LogP contribution is -3.14. The van der Waals surface area contributed by atoms with Crippen LogP contribution in [0.15, 0.2) is 40.0 Å².